The van der Waals surface area contributed by atoms with E-state index in [0.29, 0.717) is 13.0 Å². The summed E-state index contributed by atoms with van der Waals surface area (Å²) in [6.45, 7) is 4.55. The van der Waals surface area contributed by atoms with Crippen molar-refractivity contribution in [2.24, 2.45) is 0 Å². The Labute approximate surface area is 118 Å². The summed E-state index contributed by atoms with van der Waals surface area (Å²) in [6, 6.07) is 4.01. The van der Waals surface area contributed by atoms with Gasteiger partial charge in [0.25, 0.3) is 0 Å². The van der Waals surface area contributed by atoms with Gasteiger partial charge in [0.1, 0.15) is 5.65 Å². The number of aromatic nitrogens is 2. The van der Waals surface area contributed by atoms with Crippen molar-refractivity contribution >= 4 is 17.0 Å². The molecule has 0 aliphatic heterocycles. The molecule has 0 spiro atoms. The second-order valence-corrected chi connectivity index (χ2v) is 4.73. The minimum absolute atomic E-state index is 0.201. The van der Waals surface area contributed by atoms with Gasteiger partial charge in [0.2, 0.25) is 0 Å². The Morgan fingerprint density at radius 3 is 3.10 bits per heavy atom. The third-order valence-corrected chi connectivity index (χ3v) is 3.24. The largest absolute Gasteiger partial charge is 0.469 e. The molecule has 0 aromatic carbocycles. The Morgan fingerprint density at radius 1 is 1.50 bits per heavy atom. The predicted octanol–water partition coefficient (Wildman–Crippen LogP) is 2.10. The Kier molecular flexibility index (Phi) is 5.12. The van der Waals surface area contributed by atoms with Crippen molar-refractivity contribution in [3.05, 3.63) is 30.1 Å². The van der Waals surface area contributed by atoms with Gasteiger partial charge in [-0.05, 0) is 30.7 Å². The van der Waals surface area contributed by atoms with E-state index >= 15 is 0 Å². The molecule has 108 valence electrons. The molecule has 0 atom stereocenters. The summed E-state index contributed by atoms with van der Waals surface area (Å²) in [5, 5.41) is 4.54. The number of aryl methyl sites for hydroxylation is 1. The molecule has 0 bridgehead atoms. The molecule has 5 nitrogen and oxygen atoms in total. The molecule has 0 aliphatic rings. The number of hydrogen-bond acceptors (Lipinski definition) is 4. The van der Waals surface area contributed by atoms with Crippen LogP contribution in [0.25, 0.3) is 11.0 Å². The molecule has 0 unspecified atom stereocenters. The van der Waals surface area contributed by atoms with E-state index in [1.165, 1.54) is 12.7 Å². The van der Waals surface area contributed by atoms with Crippen LogP contribution < -0.4 is 5.32 Å². The van der Waals surface area contributed by atoms with Crippen molar-refractivity contribution in [2.45, 2.75) is 32.9 Å². The van der Waals surface area contributed by atoms with Crippen LogP contribution in [0.5, 0.6) is 0 Å². The summed E-state index contributed by atoms with van der Waals surface area (Å²) in [6.07, 6.45) is 5.32. The zero-order chi connectivity index (χ0) is 14.4. The van der Waals surface area contributed by atoms with Crippen LogP contribution in [0.2, 0.25) is 0 Å². The van der Waals surface area contributed by atoms with Gasteiger partial charge in [0, 0.05) is 30.9 Å². The molecule has 0 radical (unpaired) electrons. The highest BCUT2D eigenvalue weighted by Gasteiger charge is 2.10. The zero-order valence-electron chi connectivity index (χ0n) is 12.1. The molecular formula is C15H21N3O2. The maximum Gasteiger partial charge on any atom is 0.307 e. The highest BCUT2D eigenvalue weighted by Crippen LogP contribution is 2.19. The number of carbonyl (C=O) groups excluding carboxylic acids is 1. The molecule has 0 amide bonds. The molecule has 0 aliphatic carbocycles. The van der Waals surface area contributed by atoms with E-state index in [-0.39, 0.29) is 5.97 Å². The number of rotatable bonds is 7. The average molecular weight is 275 g/mol. The fourth-order valence-electron chi connectivity index (χ4n) is 2.22. The van der Waals surface area contributed by atoms with E-state index in [0.717, 1.165) is 30.5 Å². The smallest absolute Gasteiger partial charge is 0.307 e. The molecule has 2 aromatic rings. The lowest BCUT2D eigenvalue weighted by atomic mass is 10.2. The third kappa shape index (κ3) is 3.36. The summed E-state index contributed by atoms with van der Waals surface area (Å²) < 4.78 is 6.71. The van der Waals surface area contributed by atoms with Gasteiger partial charge in [-0.25, -0.2) is 4.98 Å². The number of methoxy groups -OCH3 is 1. The lowest BCUT2D eigenvalue weighted by Gasteiger charge is -2.03. The fraction of sp³-hybridized carbons (Fsp3) is 0.467. The number of nitrogens with one attached hydrogen (secondary N) is 1. The van der Waals surface area contributed by atoms with Crippen molar-refractivity contribution in [3.63, 3.8) is 0 Å². The number of pyridine rings is 1. The highest BCUT2D eigenvalue weighted by atomic mass is 16.5. The first-order valence-corrected chi connectivity index (χ1v) is 6.96. The second kappa shape index (κ2) is 7.05. The minimum Gasteiger partial charge on any atom is -0.469 e. The van der Waals surface area contributed by atoms with E-state index < -0.39 is 0 Å². The van der Waals surface area contributed by atoms with Crippen molar-refractivity contribution in [1.29, 1.82) is 0 Å². The number of esters is 1. The van der Waals surface area contributed by atoms with Crippen LogP contribution in [0.15, 0.2) is 24.5 Å². The maximum absolute atomic E-state index is 11.3. The van der Waals surface area contributed by atoms with Gasteiger partial charge >= 0.3 is 5.97 Å². The first-order chi connectivity index (χ1) is 9.76. The monoisotopic (exact) mass is 275 g/mol. The molecule has 0 fully saturated rings. The van der Waals surface area contributed by atoms with E-state index in [2.05, 4.69) is 34.2 Å². The molecule has 0 saturated carbocycles. The van der Waals surface area contributed by atoms with Crippen LogP contribution in [-0.2, 0) is 22.6 Å². The normalized spacial score (nSPS) is 10.9. The number of hydrogen-bond donors (Lipinski definition) is 1. The van der Waals surface area contributed by atoms with Gasteiger partial charge in [-0.3, -0.25) is 4.79 Å². The summed E-state index contributed by atoms with van der Waals surface area (Å²) >= 11 is 0. The third-order valence-electron chi connectivity index (χ3n) is 3.24. The quantitative estimate of drug-likeness (QED) is 0.621. The second-order valence-electron chi connectivity index (χ2n) is 4.73. The maximum atomic E-state index is 11.3. The predicted molar refractivity (Wildman–Crippen MR) is 78.4 cm³/mol. The van der Waals surface area contributed by atoms with Crippen LogP contribution in [0.1, 0.15) is 25.3 Å². The van der Waals surface area contributed by atoms with Crippen molar-refractivity contribution in [2.75, 3.05) is 13.7 Å². The van der Waals surface area contributed by atoms with Crippen molar-refractivity contribution in [3.8, 4) is 0 Å². The first-order valence-electron chi connectivity index (χ1n) is 6.96. The van der Waals surface area contributed by atoms with Crippen LogP contribution in [0.4, 0.5) is 0 Å². The van der Waals surface area contributed by atoms with Gasteiger partial charge in [-0.15, -0.1) is 0 Å². The summed E-state index contributed by atoms with van der Waals surface area (Å²) in [7, 11) is 1.41. The summed E-state index contributed by atoms with van der Waals surface area (Å²) in [5.41, 5.74) is 2.14. The molecule has 20 heavy (non-hydrogen) atoms. The SMILES string of the molecule is CCCNCc1cn(CCC(=O)OC)c2ncccc12. The zero-order valence-corrected chi connectivity index (χ0v) is 12.1. The Balaban J connectivity index is 2.19. The van der Waals surface area contributed by atoms with Crippen LogP contribution >= 0.6 is 0 Å². The number of nitrogens with zero attached hydrogens (tertiary/aromatic N) is 2. The van der Waals surface area contributed by atoms with Gasteiger partial charge in [-0.1, -0.05) is 6.92 Å². The van der Waals surface area contributed by atoms with Crippen molar-refractivity contribution < 1.29 is 9.53 Å². The Bertz CT molecular complexity index is 578. The van der Waals surface area contributed by atoms with Crippen LogP contribution in [-0.4, -0.2) is 29.2 Å². The van der Waals surface area contributed by atoms with Gasteiger partial charge < -0.3 is 14.6 Å². The van der Waals surface area contributed by atoms with E-state index in [9.17, 15) is 4.79 Å². The molecule has 1 N–H and O–H groups in total. The number of carbonyl (C=O) groups is 1. The van der Waals surface area contributed by atoms with E-state index in [1.807, 2.05) is 10.6 Å². The van der Waals surface area contributed by atoms with Crippen LogP contribution in [0.3, 0.4) is 0 Å². The summed E-state index contributed by atoms with van der Waals surface area (Å²) in [5.74, 6) is -0.201. The summed E-state index contributed by atoms with van der Waals surface area (Å²) in [4.78, 5) is 15.7. The first kappa shape index (κ1) is 14.5. The van der Waals surface area contributed by atoms with Gasteiger partial charge in [-0.2, -0.15) is 0 Å². The Morgan fingerprint density at radius 2 is 2.35 bits per heavy atom. The number of fused-ring (bicyclic) bond motifs is 1. The standard InChI is InChI=1S/C15H21N3O2/c1-3-7-16-10-12-11-18(9-6-14(19)20-2)15-13(12)5-4-8-17-15/h4-5,8,11,16H,3,6-7,9-10H2,1-2H3. The topological polar surface area (TPSA) is 56.2 Å². The fourth-order valence-corrected chi connectivity index (χ4v) is 2.22. The lowest BCUT2D eigenvalue weighted by Crippen LogP contribution is -2.13. The lowest BCUT2D eigenvalue weighted by molar-refractivity contribution is -0.140. The van der Waals surface area contributed by atoms with Gasteiger partial charge in [0.15, 0.2) is 0 Å². The highest BCUT2D eigenvalue weighted by molar-refractivity contribution is 5.80. The Hall–Kier alpha value is -1.88. The number of ether oxygens (including phenoxy) is 1. The molecular weight excluding hydrogens is 254 g/mol. The van der Waals surface area contributed by atoms with E-state index in [1.54, 1.807) is 6.20 Å². The van der Waals surface area contributed by atoms with E-state index in [4.69, 9.17) is 0 Å². The minimum atomic E-state index is -0.201. The molecule has 0 saturated heterocycles. The van der Waals surface area contributed by atoms with Crippen molar-refractivity contribution in [1.82, 2.24) is 14.9 Å². The van der Waals surface area contributed by atoms with Crippen LogP contribution in [0, 0.1) is 0 Å². The molecule has 2 aromatic heterocycles. The average Bonchev–Trinajstić information content (AvgIpc) is 2.83. The molecule has 5 heteroatoms. The molecule has 2 rings (SSSR count). The van der Waals surface area contributed by atoms with Gasteiger partial charge in [0.05, 0.1) is 13.5 Å². The molecule has 2 heterocycles.